The summed E-state index contributed by atoms with van der Waals surface area (Å²) in [5.74, 6) is -0.507. The molecule has 9 nitrogen and oxygen atoms in total. The normalized spacial score (nSPS) is 13.3. The van der Waals surface area contributed by atoms with Crippen molar-refractivity contribution in [2.24, 2.45) is 0 Å². The van der Waals surface area contributed by atoms with Gasteiger partial charge in [0.05, 0.1) is 13.2 Å². The van der Waals surface area contributed by atoms with E-state index in [0.29, 0.717) is 6.42 Å². The lowest BCUT2D eigenvalue weighted by Crippen LogP contribution is -2.27. The fourth-order valence-electron chi connectivity index (χ4n) is 6.85. The van der Waals surface area contributed by atoms with Crippen LogP contribution in [0.2, 0.25) is 0 Å². The van der Waals surface area contributed by atoms with Gasteiger partial charge in [-0.2, -0.15) is 0 Å². The molecule has 0 aliphatic carbocycles. The molecule has 2 atom stereocenters. The monoisotopic (exact) mass is 816 g/mol. The summed E-state index contributed by atoms with van der Waals surface area (Å²) < 4.78 is 26.9. The molecule has 56 heavy (non-hydrogen) atoms. The number of hydrogen-bond acceptors (Lipinski definition) is 7. The molecule has 10 heteroatoms. The summed E-state index contributed by atoms with van der Waals surface area (Å²) in [6.45, 7) is 3.58. The molecule has 0 aliphatic rings. The van der Waals surface area contributed by atoms with E-state index in [1.807, 2.05) is 0 Å². The highest BCUT2D eigenvalue weighted by Crippen LogP contribution is 2.42. The lowest BCUT2D eigenvalue weighted by atomic mass is 10.0. The minimum absolute atomic E-state index is 0.0860. The number of carbonyl (C=O) groups excluding carboxylic acids is 2. The third-order valence-electron chi connectivity index (χ3n) is 10.4. The average molecular weight is 816 g/mol. The van der Waals surface area contributed by atoms with E-state index in [-0.39, 0.29) is 32.1 Å². The first-order valence-electron chi connectivity index (χ1n) is 23.7. The van der Waals surface area contributed by atoms with Crippen molar-refractivity contribution in [2.45, 2.75) is 245 Å². The molecule has 2 unspecified atom stereocenters. The van der Waals surface area contributed by atoms with Crippen LogP contribution in [0.5, 0.6) is 0 Å². The molecule has 0 aromatic rings. The second-order valence-corrected chi connectivity index (χ2v) is 17.5. The molecule has 1 amide bonds. The molecule has 0 radical (unpaired) electrons. The first-order chi connectivity index (χ1) is 27.3. The van der Waals surface area contributed by atoms with Gasteiger partial charge in [0.15, 0.2) is 0 Å². The highest BCUT2D eigenvalue weighted by Gasteiger charge is 2.23. The van der Waals surface area contributed by atoms with Gasteiger partial charge in [0.2, 0.25) is 5.91 Å². The second kappa shape index (κ2) is 43.3. The van der Waals surface area contributed by atoms with Gasteiger partial charge < -0.3 is 20.1 Å². The first-order valence-corrected chi connectivity index (χ1v) is 25.2. The van der Waals surface area contributed by atoms with Gasteiger partial charge in [-0.05, 0) is 38.5 Å². The Labute approximate surface area is 345 Å². The zero-order chi connectivity index (χ0) is 41.1. The topological polar surface area (TPSA) is 131 Å². The summed E-state index contributed by atoms with van der Waals surface area (Å²) in [5, 5.41) is 12.7. The number of phosphoric acid groups is 1. The average Bonchev–Trinajstić information content (AvgIpc) is 3.18. The maximum Gasteiger partial charge on any atom is 0.472 e. The van der Waals surface area contributed by atoms with E-state index in [9.17, 15) is 24.2 Å². The Morgan fingerprint density at radius 3 is 1.34 bits per heavy atom. The van der Waals surface area contributed by atoms with E-state index in [2.05, 4.69) is 31.3 Å². The van der Waals surface area contributed by atoms with Crippen LogP contribution in [-0.4, -0.2) is 54.3 Å². The molecule has 0 heterocycles. The Hall–Kier alpha value is -1.25. The van der Waals surface area contributed by atoms with Crippen molar-refractivity contribution in [1.29, 1.82) is 0 Å². The molecule has 0 saturated heterocycles. The maximum atomic E-state index is 12.1. The maximum absolute atomic E-state index is 12.1. The number of hydrogen-bond donors (Lipinski definition) is 3. The lowest BCUT2D eigenvalue weighted by molar-refractivity contribution is -0.147. The number of phosphoric ester groups is 1. The van der Waals surface area contributed by atoms with Crippen LogP contribution in [0.1, 0.15) is 239 Å². The Bertz CT molecular complexity index is 933. The Balaban J connectivity index is 3.51. The van der Waals surface area contributed by atoms with Crippen LogP contribution >= 0.6 is 7.82 Å². The van der Waals surface area contributed by atoms with Crippen molar-refractivity contribution < 1.29 is 37.9 Å². The Kier molecular flexibility index (Phi) is 42.4. The van der Waals surface area contributed by atoms with Crippen LogP contribution in [-0.2, 0) is 27.9 Å². The SMILES string of the molecule is CCCCCCCC/C=C/CCCCCCCCCCCCCCCC(=O)NCCOP(=O)(O)OCC(O)COC(=O)CCCCCCCCCCCCCC. The molecule has 0 fully saturated rings. The summed E-state index contributed by atoms with van der Waals surface area (Å²) in [6, 6.07) is 0. The van der Waals surface area contributed by atoms with Crippen molar-refractivity contribution in [3.8, 4) is 0 Å². The number of unbranched alkanes of at least 4 members (excludes halogenated alkanes) is 30. The van der Waals surface area contributed by atoms with Gasteiger partial charge in [0.25, 0.3) is 0 Å². The molecule has 0 bridgehead atoms. The van der Waals surface area contributed by atoms with Crippen LogP contribution in [0, 0.1) is 0 Å². The fraction of sp³-hybridized carbons (Fsp3) is 0.913. The van der Waals surface area contributed by atoms with Gasteiger partial charge in [-0.3, -0.25) is 18.6 Å². The molecular formula is C46H90NO8P. The van der Waals surface area contributed by atoms with Gasteiger partial charge >= 0.3 is 13.8 Å². The number of esters is 1. The largest absolute Gasteiger partial charge is 0.472 e. The molecule has 332 valence electrons. The van der Waals surface area contributed by atoms with Crippen LogP contribution in [0.25, 0.3) is 0 Å². The standard InChI is InChI=1S/C46H90NO8P/c1-3-5-7-9-11-13-15-17-18-19-20-21-22-23-24-25-26-27-28-30-32-34-36-38-45(49)47-40-41-54-56(51,52)55-43-44(48)42-53-46(50)39-37-35-33-31-29-16-14-12-10-8-6-4-2/h17-18,44,48H,3-16,19-43H2,1-2H3,(H,47,49)(H,51,52)/b18-17+. The van der Waals surface area contributed by atoms with Gasteiger partial charge in [0.1, 0.15) is 12.7 Å². The molecule has 0 aromatic carbocycles. The third-order valence-corrected chi connectivity index (χ3v) is 11.4. The molecular weight excluding hydrogens is 725 g/mol. The molecule has 0 spiro atoms. The highest BCUT2D eigenvalue weighted by molar-refractivity contribution is 7.47. The van der Waals surface area contributed by atoms with E-state index < -0.39 is 26.5 Å². The number of carbonyl (C=O) groups is 2. The van der Waals surface area contributed by atoms with Crippen molar-refractivity contribution in [3.05, 3.63) is 12.2 Å². The number of rotatable bonds is 45. The predicted octanol–water partition coefficient (Wildman–Crippen LogP) is 13.4. The van der Waals surface area contributed by atoms with E-state index in [1.54, 1.807) is 0 Å². The number of amides is 1. The fourth-order valence-corrected chi connectivity index (χ4v) is 7.60. The Morgan fingerprint density at radius 1 is 0.536 bits per heavy atom. The van der Waals surface area contributed by atoms with Gasteiger partial charge in [-0.1, -0.05) is 199 Å². The minimum Gasteiger partial charge on any atom is -0.463 e. The first kappa shape index (κ1) is 54.8. The smallest absolute Gasteiger partial charge is 0.463 e. The number of allylic oxidation sites excluding steroid dienone is 2. The molecule has 0 aromatic heterocycles. The predicted molar refractivity (Wildman–Crippen MR) is 234 cm³/mol. The van der Waals surface area contributed by atoms with Gasteiger partial charge in [-0.15, -0.1) is 0 Å². The third kappa shape index (κ3) is 43.9. The summed E-state index contributed by atoms with van der Waals surface area (Å²) in [4.78, 5) is 33.9. The van der Waals surface area contributed by atoms with Crippen molar-refractivity contribution in [1.82, 2.24) is 5.32 Å². The van der Waals surface area contributed by atoms with E-state index in [4.69, 9.17) is 13.8 Å². The second-order valence-electron chi connectivity index (χ2n) is 16.1. The van der Waals surface area contributed by atoms with Crippen LogP contribution in [0.3, 0.4) is 0 Å². The van der Waals surface area contributed by atoms with Crippen LogP contribution < -0.4 is 5.32 Å². The summed E-state index contributed by atoms with van der Waals surface area (Å²) in [5.41, 5.74) is 0. The van der Waals surface area contributed by atoms with E-state index in [1.165, 1.54) is 173 Å². The summed E-state index contributed by atoms with van der Waals surface area (Å²) in [6.07, 6.45) is 45.8. The lowest BCUT2D eigenvalue weighted by Gasteiger charge is -2.15. The molecule has 0 rings (SSSR count). The summed E-state index contributed by atoms with van der Waals surface area (Å²) in [7, 11) is -4.41. The van der Waals surface area contributed by atoms with E-state index >= 15 is 0 Å². The van der Waals surface area contributed by atoms with Crippen LogP contribution in [0.15, 0.2) is 12.2 Å². The van der Waals surface area contributed by atoms with E-state index in [0.717, 1.165) is 38.5 Å². The van der Waals surface area contributed by atoms with Crippen molar-refractivity contribution in [2.75, 3.05) is 26.4 Å². The number of aliphatic hydroxyl groups is 1. The highest BCUT2D eigenvalue weighted by atomic mass is 31.2. The minimum atomic E-state index is -4.41. The van der Waals surface area contributed by atoms with Crippen molar-refractivity contribution >= 4 is 19.7 Å². The number of nitrogens with one attached hydrogen (secondary N) is 1. The summed E-state index contributed by atoms with van der Waals surface area (Å²) >= 11 is 0. The number of ether oxygens (including phenoxy) is 1. The van der Waals surface area contributed by atoms with Crippen LogP contribution in [0.4, 0.5) is 0 Å². The van der Waals surface area contributed by atoms with Crippen molar-refractivity contribution in [3.63, 3.8) is 0 Å². The molecule has 0 aliphatic heterocycles. The zero-order valence-electron chi connectivity index (χ0n) is 36.6. The molecule has 0 saturated carbocycles. The Morgan fingerprint density at radius 2 is 0.911 bits per heavy atom. The van der Waals surface area contributed by atoms with Gasteiger partial charge in [0, 0.05) is 19.4 Å². The zero-order valence-corrected chi connectivity index (χ0v) is 37.5. The quantitative estimate of drug-likeness (QED) is 0.0240. The van der Waals surface area contributed by atoms with Gasteiger partial charge in [-0.25, -0.2) is 4.57 Å². The molecule has 3 N–H and O–H groups in total. The number of aliphatic hydroxyl groups excluding tert-OH is 1.